The molecule has 0 radical (unpaired) electrons. The zero-order chi connectivity index (χ0) is 11.6. The highest BCUT2D eigenvalue weighted by Crippen LogP contribution is 2.55. The molecule has 17 heavy (non-hydrogen) atoms. The van der Waals surface area contributed by atoms with Crippen molar-refractivity contribution in [2.45, 2.75) is 25.7 Å². The lowest BCUT2D eigenvalue weighted by atomic mass is 9.55. The summed E-state index contributed by atoms with van der Waals surface area (Å²) in [7, 11) is 0. The third-order valence-corrected chi connectivity index (χ3v) is 4.12. The zero-order valence-corrected chi connectivity index (χ0v) is 10.1. The molecule has 0 heteroatoms. The first-order valence-corrected chi connectivity index (χ1v) is 6.50. The van der Waals surface area contributed by atoms with Crippen molar-refractivity contribution in [3.63, 3.8) is 0 Å². The van der Waals surface area contributed by atoms with E-state index in [2.05, 4.69) is 60.4 Å². The van der Waals surface area contributed by atoms with Crippen LogP contribution < -0.4 is 0 Å². The summed E-state index contributed by atoms with van der Waals surface area (Å²) < 4.78 is 0. The third-order valence-electron chi connectivity index (χ3n) is 4.12. The molecule has 4 aliphatic carbocycles. The summed E-state index contributed by atoms with van der Waals surface area (Å²) in [6, 6.07) is 0. The van der Waals surface area contributed by atoms with E-state index in [1.54, 1.807) is 0 Å². The Morgan fingerprint density at radius 2 is 1.88 bits per heavy atom. The van der Waals surface area contributed by atoms with Crippen LogP contribution in [-0.2, 0) is 0 Å². The Hall–Kier alpha value is -1.52. The number of allylic oxidation sites excluding steroid dienone is 9. The van der Waals surface area contributed by atoms with Crippen molar-refractivity contribution >= 4 is 0 Å². The monoisotopic (exact) mass is 222 g/mol. The summed E-state index contributed by atoms with van der Waals surface area (Å²) in [4.78, 5) is 0. The average Bonchev–Trinajstić information content (AvgIpc) is 2.15. The minimum atomic E-state index is 0.401. The molecule has 0 aliphatic heterocycles. The van der Waals surface area contributed by atoms with E-state index in [9.17, 15) is 0 Å². The molecule has 0 aromatic carbocycles. The van der Waals surface area contributed by atoms with E-state index in [0.29, 0.717) is 5.41 Å². The highest BCUT2D eigenvalue weighted by Gasteiger charge is 2.44. The van der Waals surface area contributed by atoms with Gasteiger partial charge in [0, 0.05) is 5.41 Å². The fourth-order valence-electron chi connectivity index (χ4n) is 3.17. The Labute approximate surface area is 103 Å². The maximum atomic E-state index is 3.51. The van der Waals surface area contributed by atoms with Crippen molar-refractivity contribution in [3.8, 4) is 0 Å². The molecular weight excluding hydrogens is 204 g/mol. The van der Waals surface area contributed by atoms with Crippen LogP contribution in [0.25, 0.3) is 0 Å². The Morgan fingerprint density at radius 1 is 1.00 bits per heavy atom. The second kappa shape index (κ2) is 4.39. The minimum absolute atomic E-state index is 0.401. The Kier molecular flexibility index (Phi) is 2.74. The summed E-state index contributed by atoms with van der Waals surface area (Å²) in [5.74, 6) is 0.791. The number of fused-ring (bicyclic) bond motifs is 2. The van der Waals surface area contributed by atoms with Crippen molar-refractivity contribution in [1.82, 2.24) is 0 Å². The Morgan fingerprint density at radius 3 is 2.82 bits per heavy atom. The van der Waals surface area contributed by atoms with E-state index >= 15 is 0 Å². The van der Waals surface area contributed by atoms with Crippen LogP contribution >= 0.6 is 0 Å². The van der Waals surface area contributed by atoms with Gasteiger partial charge in [-0.05, 0) is 43.3 Å². The van der Waals surface area contributed by atoms with Crippen LogP contribution in [0.2, 0.25) is 0 Å². The molecule has 86 valence electrons. The van der Waals surface area contributed by atoms with Gasteiger partial charge in [0.2, 0.25) is 0 Å². The van der Waals surface area contributed by atoms with E-state index in [4.69, 9.17) is 0 Å². The Balaban J connectivity index is 1.91. The molecule has 4 rings (SSSR count). The first kappa shape index (κ1) is 10.6. The van der Waals surface area contributed by atoms with Crippen LogP contribution in [0.4, 0.5) is 0 Å². The van der Waals surface area contributed by atoms with Gasteiger partial charge in [0.25, 0.3) is 0 Å². The lowest BCUT2D eigenvalue weighted by Crippen LogP contribution is -2.38. The lowest BCUT2D eigenvalue weighted by Gasteiger charge is -2.48. The molecule has 0 amide bonds. The van der Waals surface area contributed by atoms with Crippen molar-refractivity contribution in [3.05, 3.63) is 66.0 Å². The standard InChI is InChI=1S/C17H18/c1-2-6-10-16(11-7-3-1)17-12-8-4-5-9-15(13-17)14-17/h1-9,15H,10,12-14H2. The van der Waals surface area contributed by atoms with Crippen molar-refractivity contribution in [2.75, 3.05) is 0 Å². The maximum Gasteiger partial charge on any atom is 0.00366 e. The van der Waals surface area contributed by atoms with Gasteiger partial charge in [0.05, 0.1) is 0 Å². The predicted octanol–water partition coefficient (Wildman–Crippen LogP) is 4.50. The SMILES string of the molecule is C1=CC=CC=CCC=1C12CC=CC=CC(C1)C2. The third kappa shape index (κ3) is 2.01. The molecule has 0 heterocycles. The van der Waals surface area contributed by atoms with Gasteiger partial charge in [-0.3, -0.25) is 0 Å². The van der Waals surface area contributed by atoms with E-state index in [-0.39, 0.29) is 0 Å². The number of rotatable bonds is 1. The van der Waals surface area contributed by atoms with Crippen LogP contribution in [0.3, 0.4) is 0 Å². The summed E-state index contributed by atoms with van der Waals surface area (Å²) in [6.45, 7) is 0. The molecule has 0 spiro atoms. The van der Waals surface area contributed by atoms with Crippen molar-refractivity contribution < 1.29 is 0 Å². The first-order valence-electron chi connectivity index (χ1n) is 6.50. The van der Waals surface area contributed by atoms with E-state index in [1.165, 1.54) is 24.8 Å². The van der Waals surface area contributed by atoms with Crippen LogP contribution in [-0.4, -0.2) is 0 Å². The molecule has 0 aromatic heterocycles. The Bertz CT molecular complexity index is 470. The molecule has 4 aliphatic rings. The van der Waals surface area contributed by atoms with Gasteiger partial charge < -0.3 is 0 Å². The quantitative estimate of drug-likeness (QED) is 0.573. The number of hydrogen-bond donors (Lipinski definition) is 0. The topological polar surface area (TPSA) is 0 Å². The molecule has 0 nitrogen and oxygen atoms in total. The maximum absolute atomic E-state index is 3.51. The summed E-state index contributed by atoms with van der Waals surface area (Å²) in [5, 5.41) is 0. The highest BCUT2D eigenvalue weighted by molar-refractivity contribution is 5.30. The predicted molar refractivity (Wildman–Crippen MR) is 72.5 cm³/mol. The van der Waals surface area contributed by atoms with Crippen LogP contribution in [0.5, 0.6) is 0 Å². The van der Waals surface area contributed by atoms with Crippen molar-refractivity contribution in [2.24, 2.45) is 11.3 Å². The second-order valence-electron chi connectivity index (χ2n) is 5.27. The fourth-order valence-corrected chi connectivity index (χ4v) is 3.17. The molecular formula is C17H18. The molecule has 0 atom stereocenters. The van der Waals surface area contributed by atoms with E-state index < -0.39 is 0 Å². The molecule has 0 unspecified atom stereocenters. The number of hydrogen-bond acceptors (Lipinski definition) is 0. The van der Waals surface area contributed by atoms with Gasteiger partial charge in [-0.25, -0.2) is 0 Å². The molecule has 0 N–H and O–H groups in total. The average molecular weight is 222 g/mol. The van der Waals surface area contributed by atoms with Gasteiger partial charge in [0.1, 0.15) is 0 Å². The van der Waals surface area contributed by atoms with Gasteiger partial charge in [-0.2, -0.15) is 0 Å². The van der Waals surface area contributed by atoms with Gasteiger partial charge in [0.15, 0.2) is 0 Å². The van der Waals surface area contributed by atoms with Crippen LogP contribution in [0.15, 0.2) is 66.0 Å². The lowest BCUT2D eigenvalue weighted by molar-refractivity contribution is 0.128. The van der Waals surface area contributed by atoms with Gasteiger partial charge >= 0.3 is 0 Å². The largest absolute Gasteiger partial charge is 0.121 e. The second-order valence-corrected chi connectivity index (χ2v) is 5.27. The molecule has 2 bridgehead atoms. The van der Waals surface area contributed by atoms with Gasteiger partial charge in [-0.1, -0.05) is 48.6 Å². The summed E-state index contributed by atoms with van der Waals surface area (Å²) >= 11 is 0. The highest BCUT2D eigenvalue weighted by atomic mass is 14.5. The molecule has 0 saturated heterocycles. The normalized spacial score (nSPS) is 34.4. The van der Waals surface area contributed by atoms with Crippen molar-refractivity contribution in [1.29, 1.82) is 0 Å². The van der Waals surface area contributed by atoms with Gasteiger partial charge in [-0.15, -0.1) is 5.73 Å². The van der Waals surface area contributed by atoms with E-state index in [0.717, 1.165) is 12.3 Å². The fraction of sp³-hybridized carbons (Fsp3) is 0.353. The molecule has 1 fully saturated rings. The summed E-state index contributed by atoms with van der Waals surface area (Å²) in [6.07, 6.45) is 24.6. The molecule has 0 aromatic rings. The molecule has 1 saturated carbocycles. The first-order chi connectivity index (χ1) is 8.39. The van der Waals surface area contributed by atoms with Crippen LogP contribution in [0, 0.1) is 11.3 Å². The zero-order valence-electron chi connectivity index (χ0n) is 10.1. The summed E-state index contributed by atoms with van der Waals surface area (Å²) in [5.41, 5.74) is 5.41. The minimum Gasteiger partial charge on any atom is -0.121 e. The van der Waals surface area contributed by atoms with E-state index in [1.807, 2.05) is 0 Å². The van der Waals surface area contributed by atoms with Crippen LogP contribution in [0.1, 0.15) is 25.7 Å². The smallest absolute Gasteiger partial charge is 0.00366 e.